The highest BCUT2D eigenvalue weighted by molar-refractivity contribution is 5.71. The third-order valence-corrected chi connectivity index (χ3v) is 10.0. The van der Waals surface area contributed by atoms with Crippen molar-refractivity contribution in [2.45, 2.75) is 77.7 Å². The minimum absolute atomic E-state index is 0.00764. The first-order valence-corrected chi connectivity index (χ1v) is 12.8. The number of alkyl carbamates (subject to hydrolysis) is 1. The lowest BCUT2D eigenvalue weighted by molar-refractivity contribution is -0.154. The molecule has 32 heavy (non-hydrogen) atoms. The van der Waals surface area contributed by atoms with Gasteiger partial charge < -0.3 is 25.6 Å². The molecule has 0 aromatic heterocycles. The van der Waals surface area contributed by atoms with Crippen LogP contribution in [0.3, 0.4) is 0 Å². The van der Waals surface area contributed by atoms with Crippen LogP contribution in [0.5, 0.6) is 0 Å². The van der Waals surface area contributed by atoms with E-state index in [9.17, 15) is 14.7 Å². The van der Waals surface area contributed by atoms with Crippen molar-refractivity contribution in [3.05, 3.63) is 0 Å². The van der Waals surface area contributed by atoms with Crippen LogP contribution in [0.4, 0.5) is 4.79 Å². The molecule has 4 aliphatic carbocycles. The van der Waals surface area contributed by atoms with Crippen LogP contribution >= 0.6 is 0 Å². The molecule has 4 aliphatic rings. The molecule has 0 heterocycles. The van der Waals surface area contributed by atoms with E-state index in [1.54, 1.807) is 0 Å². The fourth-order valence-electron chi connectivity index (χ4n) is 8.38. The van der Waals surface area contributed by atoms with E-state index in [0.29, 0.717) is 43.3 Å². The number of hydrogen-bond acceptors (Lipinski definition) is 5. The van der Waals surface area contributed by atoms with E-state index >= 15 is 0 Å². The first-order chi connectivity index (χ1) is 15.3. The van der Waals surface area contributed by atoms with Gasteiger partial charge in [-0.15, -0.1) is 0 Å². The molecule has 0 aliphatic heterocycles. The first-order valence-electron chi connectivity index (χ1n) is 12.8. The summed E-state index contributed by atoms with van der Waals surface area (Å²) in [5.41, 5.74) is 0.261. The van der Waals surface area contributed by atoms with Crippen molar-refractivity contribution >= 4 is 12.1 Å². The summed E-state index contributed by atoms with van der Waals surface area (Å²) in [4.78, 5) is 24.1. The Hall–Kier alpha value is -1.34. The molecule has 8 atom stereocenters. The number of aliphatic hydroxyl groups is 1. The van der Waals surface area contributed by atoms with Gasteiger partial charge >= 0.3 is 12.1 Å². The van der Waals surface area contributed by atoms with Crippen molar-refractivity contribution in [3.8, 4) is 0 Å². The van der Waals surface area contributed by atoms with Crippen molar-refractivity contribution in [2.24, 2.45) is 40.4 Å². The third kappa shape index (κ3) is 4.27. The van der Waals surface area contributed by atoms with Crippen molar-refractivity contribution in [2.75, 3.05) is 26.2 Å². The number of rotatable bonds is 7. The van der Waals surface area contributed by atoms with Crippen LogP contribution in [0.15, 0.2) is 0 Å². The summed E-state index contributed by atoms with van der Waals surface area (Å²) in [5, 5.41) is 24.4. The average molecular weight is 451 g/mol. The second-order valence-corrected chi connectivity index (χ2v) is 11.4. The third-order valence-electron chi connectivity index (χ3n) is 10.0. The summed E-state index contributed by atoms with van der Waals surface area (Å²) >= 11 is 0. The molecule has 0 aromatic carbocycles. The van der Waals surface area contributed by atoms with E-state index in [-0.39, 0.29) is 35.6 Å². The Balaban J connectivity index is 1.33. The highest BCUT2D eigenvalue weighted by Crippen LogP contribution is 2.67. The lowest BCUT2D eigenvalue weighted by Crippen LogP contribution is -2.54. The maximum atomic E-state index is 12.2. The fourth-order valence-corrected chi connectivity index (χ4v) is 8.38. The smallest absolute Gasteiger partial charge is 0.407 e. The van der Waals surface area contributed by atoms with Crippen LogP contribution in [-0.2, 0) is 9.53 Å². The summed E-state index contributed by atoms with van der Waals surface area (Å²) in [7, 11) is 0. The standard InChI is InChI=1S/C25H42N2O5/c1-24-9-7-17(32-23(31)27-12-11-26-13-14-28)15-16(24)3-4-18-19-5-6-21(22(29)30)25(19,2)10-8-20(18)24/h16-21,26,28H,3-15H2,1-2H3,(H,27,31)(H,29,30)/t16?,17?,18-,19-,20-,21?,24-,25-/m0/s1. The monoisotopic (exact) mass is 450 g/mol. The Morgan fingerprint density at radius 3 is 2.44 bits per heavy atom. The molecule has 4 fully saturated rings. The lowest BCUT2D eigenvalue weighted by Gasteiger charge is -2.60. The van der Waals surface area contributed by atoms with Crippen molar-refractivity contribution in [3.63, 3.8) is 0 Å². The molecule has 0 saturated heterocycles. The van der Waals surface area contributed by atoms with Crippen LogP contribution in [0, 0.1) is 40.4 Å². The number of fused-ring (bicyclic) bond motifs is 5. The second-order valence-electron chi connectivity index (χ2n) is 11.4. The van der Waals surface area contributed by atoms with Crippen LogP contribution in [0.1, 0.15) is 71.6 Å². The highest BCUT2D eigenvalue weighted by atomic mass is 16.6. The van der Waals surface area contributed by atoms with E-state index in [1.165, 1.54) is 12.8 Å². The van der Waals surface area contributed by atoms with Gasteiger partial charge in [-0.2, -0.15) is 0 Å². The maximum Gasteiger partial charge on any atom is 0.407 e. The Morgan fingerprint density at radius 2 is 1.69 bits per heavy atom. The van der Waals surface area contributed by atoms with Gasteiger partial charge in [-0.1, -0.05) is 13.8 Å². The number of carboxylic acids is 1. The fraction of sp³-hybridized carbons (Fsp3) is 0.920. The summed E-state index contributed by atoms with van der Waals surface area (Å²) in [6.07, 6.45) is 9.13. The maximum absolute atomic E-state index is 12.2. The number of aliphatic hydroxyl groups excluding tert-OH is 1. The van der Waals surface area contributed by atoms with Gasteiger partial charge in [0.15, 0.2) is 0 Å². The lowest BCUT2D eigenvalue weighted by atomic mass is 9.44. The van der Waals surface area contributed by atoms with Crippen molar-refractivity contribution in [1.82, 2.24) is 10.6 Å². The first kappa shape index (κ1) is 23.8. The minimum atomic E-state index is -0.589. The number of carbonyl (C=O) groups excluding carboxylic acids is 1. The Bertz CT molecular complexity index is 702. The molecule has 0 bridgehead atoms. The number of amides is 1. The van der Waals surface area contributed by atoms with Gasteiger partial charge in [0.2, 0.25) is 0 Å². The second kappa shape index (κ2) is 9.49. The van der Waals surface area contributed by atoms with Crippen molar-refractivity contribution in [1.29, 1.82) is 0 Å². The topological polar surface area (TPSA) is 108 Å². The van der Waals surface area contributed by atoms with Crippen LogP contribution in [0.2, 0.25) is 0 Å². The number of aliphatic carboxylic acids is 1. The van der Waals surface area contributed by atoms with Crippen LogP contribution in [-0.4, -0.2) is 54.6 Å². The van der Waals surface area contributed by atoms with Crippen molar-refractivity contribution < 1.29 is 24.5 Å². The Labute approximate surface area is 192 Å². The molecule has 1 amide bonds. The number of nitrogens with one attached hydrogen (secondary N) is 2. The predicted octanol–water partition coefficient (Wildman–Crippen LogP) is 3.41. The summed E-state index contributed by atoms with van der Waals surface area (Å²) in [5.74, 6) is 1.72. The van der Waals surface area contributed by atoms with Gasteiger partial charge in [0.25, 0.3) is 0 Å². The Morgan fingerprint density at radius 1 is 0.938 bits per heavy atom. The van der Waals surface area contributed by atoms with E-state index in [4.69, 9.17) is 9.84 Å². The molecular formula is C25H42N2O5. The normalized spacial score (nSPS) is 43.0. The van der Waals surface area contributed by atoms with E-state index in [1.807, 2.05) is 0 Å². The largest absolute Gasteiger partial charge is 0.481 e. The Kier molecular flexibility index (Phi) is 7.06. The quantitative estimate of drug-likeness (QED) is 0.443. The molecule has 3 unspecified atom stereocenters. The number of ether oxygens (including phenoxy) is 1. The van der Waals surface area contributed by atoms with Gasteiger partial charge in [-0.3, -0.25) is 4.79 Å². The molecule has 7 heteroatoms. The van der Waals surface area contributed by atoms with E-state index < -0.39 is 5.97 Å². The zero-order valence-corrected chi connectivity index (χ0v) is 19.8. The molecular weight excluding hydrogens is 408 g/mol. The molecule has 4 saturated carbocycles. The van der Waals surface area contributed by atoms with Gasteiger partial charge in [0.05, 0.1) is 12.5 Å². The average Bonchev–Trinajstić information content (AvgIpc) is 3.11. The molecule has 182 valence electrons. The van der Waals surface area contributed by atoms with Gasteiger partial charge in [-0.05, 0) is 92.3 Å². The molecule has 0 spiro atoms. The summed E-state index contributed by atoms with van der Waals surface area (Å²) in [6, 6.07) is 0. The number of hydrogen-bond donors (Lipinski definition) is 4. The van der Waals surface area contributed by atoms with Crippen LogP contribution in [0.25, 0.3) is 0 Å². The number of carboxylic acid groups (broad SMARTS) is 1. The molecule has 7 nitrogen and oxygen atoms in total. The van der Waals surface area contributed by atoms with Gasteiger partial charge in [0.1, 0.15) is 6.10 Å². The summed E-state index contributed by atoms with van der Waals surface area (Å²) in [6.45, 7) is 6.47. The number of carbonyl (C=O) groups is 2. The SMILES string of the molecule is C[C@]12CCC(OC(=O)NCCNCCO)CC1CC[C@@H]1[C@@H]2CC[C@]2(C)C(C(=O)O)CC[C@@H]12. The van der Waals surface area contributed by atoms with E-state index in [0.717, 1.165) is 44.9 Å². The van der Waals surface area contributed by atoms with Crippen LogP contribution < -0.4 is 10.6 Å². The molecule has 0 radical (unpaired) electrons. The summed E-state index contributed by atoms with van der Waals surface area (Å²) < 4.78 is 5.76. The van der Waals surface area contributed by atoms with E-state index in [2.05, 4.69) is 24.5 Å². The highest BCUT2D eigenvalue weighted by Gasteiger charge is 2.61. The molecule has 4 rings (SSSR count). The van der Waals surface area contributed by atoms with Gasteiger partial charge in [-0.25, -0.2) is 4.79 Å². The molecule has 4 N–H and O–H groups in total. The zero-order valence-electron chi connectivity index (χ0n) is 19.8. The van der Waals surface area contributed by atoms with Gasteiger partial charge in [0, 0.05) is 19.6 Å². The minimum Gasteiger partial charge on any atom is -0.481 e. The molecule has 0 aromatic rings. The zero-order chi connectivity index (χ0) is 22.9. The predicted molar refractivity (Wildman–Crippen MR) is 121 cm³/mol.